The molecule has 0 bridgehead atoms. The minimum Gasteiger partial charge on any atom is -0.548 e. The molecule has 12 nitrogen and oxygen atoms in total. The molecule has 0 aliphatic heterocycles. The van der Waals surface area contributed by atoms with Crippen LogP contribution >= 0.6 is 37.9 Å². The zero-order valence-electron chi connectivity index (χ0n) is 16.9. The molecule has 0 aromatic carbocycles. The molecule has 16 heteroatoms. The van der Waals surface area contributed by atoms with Crippen molar-refractivity contribution in [2.75, 3.05) is 17.3 Å². The number of carboxylic acid groups (broad SMARTS) is 3. The Morgan fingerprint density at radius 3 is 0.774 bits per heavy atom. The van der Waals surface area contributed by atoms with E-state index in [2.05, 4.69) is 53.8 Å². The minimum absolute atomic E-state index is 0. The molecule has 0 rings (SSSR count). The second-order valence-corrected chi connectivity index (χ2v) is 6.36. The molecular weight excluding hydrogens is 577 g/mol. The first-order valence-electron chi connectivity index (χ1n) is 7.99. The van der Waals surface area contributed by atoms with Crippen LogP contribution in [0.2, 0.25) is 0 Å². The van der Waals surface area contributed by atoms with Crippen molar-refractivity contribution in [2.24, 2.45) is 0 Å². The average Bonchev–Trinajstić information content (AvgIpc) is 2.61. The maximum Gasteiger partial charge on any atom is 3.00 e. The number of hydrogen-bond donors (Lipinski definition) is 6. The number of hydrogen-bond acceptors (Lipinski definition) is 12. The fraction of sp³-hybridized carbons (Fsp3) is 0.600. The van der Waals surface area contributed by atoms with Gasteiger partial charge in [-0.25, -0.2) is 0 Å². The number of carbonyl (C=O) groups is 6. The van der Waals surface area contributed by atoms with Gasteiger partial charge < -0.3 is 45.7 Å². The monoisotopic (exact) mass is 601 g/mol. The van der Waals surface area contributed by atoms with Crippen LogP contribution in [0, 0.1) is 0 Å². The van der Waals surface area contributed by atoms with Crippen molar-refractivity contribution in [1.82, 2.24) is 16.0 Å². The van der Waals surface area contributed by atoms with Crippen molar-refractivity contribution in [1.29, 1.82) is 0 Å². The first-order chi connectivity index (χ1) is 13.7. The van der Waals surface area contributed by atoms with E-state index in [1.165, 1.54) is 20.8 Å². The van der Waals surface area contributed by atoms with Crippen LogP contribution in [0.5, 0.6) is 0 Å². The van der Waals surface area contributed by atoms with Crippen LogP contribution in [-0.2, 0) is 28.8 Å². The van der Waals surface area contributed by atoms with Gasteiger partial charge in [-0.15, -0.1) is 0 Å². The Hall–Kier alpha value is -1.26. The molecule has 0 saturated heterocycles. The van der Waals surface area contributed by atoms with Gasteiger partial charge in [0, 0.05) is 38.0 Å². The summed E-state index contributed by atoms with van der Waals surface area (Å²) in [6.45, 7) is 3.71. The molecule has 3 atom stereocenters. The zero-order valence-corrected chi connectivity index (χ0v) is 22.9. The summed E-state index contributed by atoms with van der Waals surface area (Å²) < 4.78 is 0. The van der Waals surface area contributed by atoms with E-state index in [0.29, 0.717) is 0 Å². The van der Waals surface area contributed by atoms with Crippen LogP contribution in [0.4, 0.5) is 0 Å². The molecule has 3 N–H and O–H groups in total. The predicted molar refractivity (Wildman–Crippen MR) is 115 cm³/mol. The molecule has 0 aromatic heterocycles. The van der Waals surface area contributed by atoms with E-state index >= 15 is 0 Å². The Morgan fingerprint density at radius 2 is 0.742 bits per heavy atom. The van der Waals surface area contributed by atoms with Crippen LogP contribution in [0.15, 0.2) is 0 Å². The van der Waals surface area contributed by atoms with E-state index in [-0.39, 0.29) is 43.1 Å². The van der Waals surface area contributed by atoms with Crippen molar-refractivity contribution >= 4 is 99.4 Å². The molecule has 0 aromatic rings. The molecule has 3 amide bonds. The summed E-state index contributed by atoms with van der Waals surface area (Å²) in [5, 5.41) is 36.7. The van der Waals surface area contributed by atoms with Crippen molar-refractivity contribution in [3.63, 3.8) is 0 Å². The van der Waals surface area contributed by atoms with E-state index in [1.54, 1.807) is 0 Å². The maximum absolute atomic E-state index is 10.3. The normalized spacial score (nSPS) is 11.8. The topological polar surface area (TPSA) is 208 Å². The predicted octanol–water partition coefficient (Wildman–Crippen LogP) is -5.87. The quantitative estimate of drug-likeness (QED) is 0.139. The molecule has 0 aliphatic carbocycles. The summed E-state index contributed by atoms with van der Waals surface area (Å²) in [4.78, 5) is 61.1. The average molecular weight is 601 g/mol. The van der Waals surface area contributed by atoms with Gasteiger partial charge in [-0.2, -0.15) is 37.9 Å². The van der Waals surface area contributed by atoms with Crippen LogP contribution in [0.3, 0.4) is 0 Å². The molecule has 0 heterocycles. The smallest absolute Gasteiger partial charge is 0.548 e. The van der Waals surface area contributed by atoms with Gasteiger partial charge in [0.15, 0.2) is 0 Å². The number of rotatable bonds is 9. The van der Waals surface area contributed by atoms with Crippen LogP contribution in [0.25, 0.3) is 0 Å². The molecule has 31 heavy (non-hydrogen) atoms. The summed E-state index contributed by atoms with van der Waals surface area (Å²) in [5.41, 5.74) is 0. The van der Waals surface area contributed by atoms with E-state index in [9.17, 15) is 44.1 Å². The molecule has 0 radical (unpaired) electrons. The molecular formula is C15H24InN3O9S3. The van der Waals surface area contributed by atoms with Crippen molar-refractivity contribution in [2.45, 2.75) is 38.9 Å². The van der Waals surface area contributed by atoms with Crippen molar-refractivity contribution in [3.05, 3.63) is 0 Å². The second-order valence-electron chi connectivity index (χ2n) is 5.26. The van der Waals surface area contributed by atoms with Crippen molar-refractivity contribution in [3.8, 4) is 0 Å². The SMILES string of the molecule is CC(=O)N[C@@H](CS)C(=O)[O-].CC(=O)N[C@@H](CS)C(=O)[O-].CC(=O)N[C@@H](CS)C(=O)[O-].[In+3]. The number of aliphatic carboxylic acids is 3. The van der Waals surface area contributed by atoms with Crippen LogP contribution in [-0.4, -0.2) is 96.9 Å². The van der Waals surface area contributed by atoms with Crippen LogP contribution < -0.4 is 31.3 Å². The minimum atomic E-state index is -1.31. The van der Waals surface area contributed by atoms with Crippen molar-refractivity contribution < 1.29 is 44.1 Å². The largest absolute Gasteiger partial charge is 3.00 e. The summed E-state index contributed by atoms with van der Waals surface area (Å²) in [6.07, 6.45) is 0. The Balaban J connectivity index is -0.000000174. The van der Waals surface area contributed by atoms with Gasteiger partial charge >= 0.3 is 25.8 Å². The number of nitrogens with one attached hydrogen (secondary N) is 3. The number of amides is 3. The van der Waals surface area contributed by atoms with E-state index < -0.39 is 53.8 Å². The summed E-state index contributed by atoms with van der Waals surface area (Å²) in [7, 11) is 0. The van der Waals surface area contributed by atoms with Gasteiger partial charge in [0.2, 0.25) is 17.7 Å². The maximum atomic E-state index is 10.3. The first-order valence-corrected chi connectivity index (χ1v) is 9.89. The zero-order chi connectivity index (χ0) is 24.4. The second kappa shape index (κ2) is 22.0. The molecule has 0 unspecified atom stereocenters. The number of carbonyl (C=O) groups excluding carboxylic acids is 6. The summed E-state index contributed by atoms with van der Waals surface area (Å²) in [5.74, 6) is -5.01. The molecule has 0 fully saturated rings. The number of carboxylic acids is 3. The molecule has 0 aliphatic rings. The van der Waals surface area contributed by atoms with Crippen LogP contribution in [0.1, 0.15) is 20.8 Å². The Bertz CT molecular complexity index is 531. The van der Waals surface area contributed by atoms with Gasteiger partial charge in [0.25, 0.3) is 0 Å². The third-order valence-corrected chi connectivity index (χ3v) is 3.63. The Morgan fingerprint density at radius 1 is 0.581 bits per heavy atom. The van der Waals surface area contributed by atoms with E-state index in [1.807, 2.05) is 0 Å². The van der Waals surface area contributed by atoms with Gasteiger partial charge in [0.05, 0.1) is 36.0 Å². The molecule has 174 valence electrons. The fourth-order valence-corrected chi connectivity index (χ4v) is 1.99. The Kier molecular flexibility index (Phi) is 26.3. The fourth-order valence-electron chi connectivity index (χ4n) is 1.27. The molecule has 0 saturated carbocycles. The Labute approximate surface area is 214 Å². The standard InChI is InChI=1S/3C5H9NO3S.In/c3*1-3(7)6-4(2-10)5(8)9;/h3*4,10H,2H2,1H3,(H,6,7)(H,8,9);/q;;;+3/p-3/t3*4-;/m000./s1. The summed E-state index contributed by atoms with van der Waals surface area (Å²) >= 11 is 11.1. The third kappa shape index (κ3) is 24.9. The van der Waals surface area contributed by atoms with E-state index in [4.69, 9.17) is 0 Å². The first kappa shape index (κ1) is 37.1. The number of thiol groups is 3. The summed E-state index contributed by atoms with van der Waals surface area (Å²) in [6, 6.07) is -2.96. The van der Waals surface area contributed by atoms with Gasteiger partial charge in [-0.1, -0.05) is 0 Å². The van der Waals surface area contributed by atoms with Gasteiger partial charge in [-0.05, 0) is 0 Å². The molecule has 0 spiro atoms. The third-order valence-electron chi connectivity index (χ3n) is 2.53. The van der Waals surface area contributed by atoms with E-state index in [0.717, 1.165) is 0 Å². The van der Waals surface area contributed by atoms with Gasteiger partial charge in [0.1, 0.15) is 0 Å². The van der Waals surface area contributed by atoms with Gasteiger partial charge in [-0.3, -0.25) is 14.4 Å².